The summed E-state index contributed by atoms with van der Waals surface area (Å²) < 4.78 is 0. The maximum atomic E-state index is 12.3. The van der Waals surface area contributed by atoms with Gasteiger partial charge in [-0.3, -0.25) is 0 Å². The van der Waals surface area contributed by atoms with E-state index in [1.807, 2.05) is 54.7 Å². The summed E-state index contributed by atoms with van der Waals surface area (Å²) in [5.74, 6) is -0.456. The predicted molar refractivity (Wildman–Crippen MR) is 123 cm³/mol. The van der Waals surface area contributed by atoms with E-state index in [2.05, 4.69) is 16.0 Å². The second kappa shape index (κ2) is 10.3. The Kier molecular flexibility index (Phi) is 6.85. The SMILES string of the molecule is [O-]C(NCc1cc(CNC([O-])=C2C=CC=C2)cc(CNC([O-])=C2C=CC=C2)c1)=C1C=CC=C1. The van der Waals surface area contributed by atoms with Gasteiger partial charge in [0.2, 0.25) is 0 Å². The van der Waals surface area contributed by atoms with Crippen LogP contribution in [0.1, 0.15) is 16.7 Å². The molecule has 4 rings (SSSR count). The molecule has 0 heterocycles. The third-order valence-electron chi connectivity index (χ3n) is 5.25. The van der Waals surface area contributed by atoms with Crippen molar-refractivity contribution in [2.24, 2.45) is 0 Å². The number of benzene rings is 1. The average Bonchev–Trinajstić information content (AvgIpc) is 3.62. The summed E-state index contributed by atoms with van der Waals surface area (Å²) in [6.45, 7) is 0.995. The Hall–Kier alpha value is -4.32. The predicted octanol–water partition coefficient (Wildman–Crippen LogP) is 1.05. The molecule has 0 amide bonds. The van der Waals surface area contributed by atoms with Crippen LogP contribution in [0.2, 0.25) is 0 Å². The second-order valence-electron chi connectivity index (χ2n) is 7.73. The van der Waals surface area contributed by atoms with Crippen molar-refractivity contribution < 1.29 is 15.3 Å². The average molecular weight is 439 g/mol. The van der Waals surface area contributed by atoms with Gasteiger partial charge in [0, 0.05) is 19.6 Å². The highest BCUT2D eigenvalue weighted by atomic mass is 16.3. The summed E-state index contributed by atoms with van der Waals surface area (Å²) in [6, 6.07) is 5.83. The molecular weight excluding hydrogens is 414 g/mol. The van der Waals surface area contributed by atoms with E-state index in [1.54, 1.807) is 36.5 Å². The van der Waals surface area contributed by atoms with Gasteiger partial charge in [0.05, 0.1) is 0 Å². The number of nitrogens with one attached hydrogen (secondary N) is 3. The monoisotopic (exact) mass is 438 g/mol. The molecule has 0 saturated carbocycles. The Morgan fingerprint density at radius 2 is 0.697 bits per heavy atom. The van der Waals surface area contributed by atoms with E-state index in [-0.39, 0.29) is 17.6 Å². The minimum atomic E-state index is -0.152. The van der Waals surface area contributed by atoms with Crippen molar-refractivity contribution in [3.8, 4) is 0 Å². The van der Waals surface area contributed by atoms with Crippen molar-refractivity contribution in [3.63, 3.8) is 0 Å². The van der Waals surface area contributed by atoms with Gasteiger partial charge in [-0.1, -0.05) is 91.1 Å². The highest BCUT2D eigenvalue weighted by molar-refractivity contribution is 5.43. The van der Waals surface area contributed by atoms with E-state index < -0.39 is 0 Å². The fraction of sp³-hybridized carbons (Fsp3) is 0.111. The van der Waals surface area contributed by atoms with Crippen LogP contribution in [-0.2, 0) is 19.6 Å². The molecule has 3 N–H and O–H groups in total. The van der Waals surface area contributed by atoms with Crippen LogP contribution in [0.15, 0.2) is 125 Å². The Bertz CT molecular complexity index is 989. The molecule has 0 saturated heterocycles. The fourth-order valence-electron chi connectivity index (χ4n) is 3.57. The van der Waals surface area contributed by atoms with Crippen LogP contribution < -0.4 is 31.3 Å². The van der Waals surface area contributed by atoms with Crippen LogP contribution in [0.25, 0.3) is 0 Å². The molecule has 3 aliphatic carbocycles. The van der Waals surface area contributed by atoms with E-state index in [0.29, 0.717) is 36.4 Å². The zero-order chi connectivity index (χ0) is 23.0. The Balaban J connectivity index is 1.49. The number of rotatable bonds is 9. The van der Waals surface area contributed by atoms with Gasteiger partial charge >= 0.3 is 0 Å². The largest absolute Gasteiger partial charge is 0.860 e. The molecule has 1 aromatic rings. The summed E-state index contributed by atoms with van der Waals surface area (Å²) in [5.41, 5.74) is 4.47. The van der Waals surface area contributed by atoms with Crippen LogP contribution in [0.5, 0.6) is 0 Å². The summed E-state index contributed by atoms with van der Waals surface area (Å²) in [4.78, 5) is 0. The molecule has 0 atom stereocenters. The van der Waals surface area contributed by atoms with Gasteiger partial charge in [-0.2, -0.15) is 0 Å². The summed E-state index contributed by atoms with van der Waals surface area (Å²) in [5, 5.41) is 45.7. The van der Waals surface area contributed by atoms with Crippen LogP contribution in [0, 0.1) is 0 Å². The van der Waals surface area contributed by atoms with Crippen LogP contribution >= 0.6 is 0 Å². The lowest BCUT2D eigenvalue weighted by atomic mass is 10.0. The van der Waals surface area contributed by atoms with E-state index in [4.69, 9.17) is 0 Å². The Labute approximate surface area is 193 Å². The van der Waals surface area contributed by atoms with Crippen LogP contribution in [0.3, 0.4) is 0 Å². The molecule has 1 aromatic carbocycles. The normalized spacial score (nSPS) is 15.1. The standard InChI is InChI=1S/C27H27N3O3/c31-25(22-7-1-2-8-22)28-16-19-13-20(17-29-26(32)23-9-3-4-10-23)15-21(14-19)18-30-27(33)24-11-5-6-12-24/h1-15,28-33H,16-18H2/p-3. The summed E-state index contributed by atoms with van der Waals surface area (Å²) >= 11 is 0. The maximum Gasteiger partial charge on any atom is 0.0390 e. The zero-order valence-corrected chi connectivity index (χ0v) is 18.0. The molecule has 6 nitrogen and oxygen atoms in total. The molecule has 0 spiro atoms. The number of hydrogen-bond acceptors (Lipinski definition) is 6. The topological polar surface area (TPSA) is 105 Å². The fourth-order valence-corrected chi connectivity index (χ4v) is 3.57. The van der Waals surface area contributed by atoms with Crippen LogP contribution in [0.4, 0.5) is 0 Å². The molecule has 0 aromatic heterocycles. The zero-order valence-electron chi connectivity index (χ0n) is 18.0. The van der Waals surface area contributed by atoms with Crippen molar-refractivity contribution in [2.45, 2.75) is 19.6 Å². The minimum Gasteiger partial charge on any atom is -0.860 e. The molecule has 168 valence electrons. The van der Waals surface area contributed by atoms with Gasteiger partial charge in [0.15, 0.2) is 0 Å². The van der Waals surface area contributed by atoms with Gasteiger partial charge in [0.1, 0.15) is 0 Å². The van der Waals surface area contributed by atoms with E-state index >= 15 is 0 Å². The molecule has 0 aliphatic heterocycles. The third kappa shape index (κ3) is 5.89. The molecule has 33 heavy (non-hydrogen) atoms. The first-order valence-electron chi connectivity index (χ1n) is 10.7. The molecular formula is C27H24N3O3-3. The molecule has 0 bridgehead atoms. The molecule has 3 aliphatic rings. The van der Waals surface area contributed by atoms with Gasteiger partial charge in [-0.25, -0.2) is 0 Å². The first-order chi connectivity index (χ1) is 16.1. The molecule has 0 unspecified atom stereocenters. The molecule has 0 radical (unpaired) electrons. The number of allylic oxidation sites excluding steroid dienone is 15. The van der Waals surface area contributed by atoms with Crippen molar-refractivity contribution in [3.05, 3.63) is 142 Å². The first kappa shape index (κ1) is 21.9. The molecule has 6 heteroatoms. The Morgan fingerprint density at radius 3 is 0.939 bits per heavy atom. The van der Waals surface area contributed by atoms with Crippen molar-refractivity contribution >= 4 is 0 Å². The highest BCUT2D eigenvalue weighted by Crippen LogP contribution is 2.15. The van der Waals surface area contributed by atoms with Crippen molar-refractivity contribution in [1.29, 1.82) is 0 Å². The van der Waals surface area contributed by atoms with Crippen molar-refractivity contribution in [1.82, 2.24) is 16.0 Å². The summed E-state index contributed by atoms with van der Waals surface area (Å²) in [7, 11) is 0. The van der Waals surface area contributed by atoms with Gasteiger partial charge in [-0.05, 0) is 51.1 Å². The number of hydrogen-bond donors (Lipinski definition) is 3. The second-order valence-corrected chi connectivity index (χ2v) is 7.73. The van der Waals surface area contributed by atoms with E-state index in [0.717, 1.165) is 16.7 Å². The highest BCUT2D eigenvalue weighted by Gasteiger charge is 2.04. The molecule has 0 fully saturated rings. The van der Waals surface area contributed by atoms with Crippen molar-refractivity contribution in [2.75, 3.05) is 0 Å². The lowest BCUT2D eigenvalue weighted by Gasteiger charge is -2.21. The lowest BCUT2D eigenvalue weighted by molar-refractivity contribution is -0.313. The Morgan fingerprint density at radius 1 is 0.455 bits per heavy atom. The maximum absolute atomic E-state index is 12.3. The third-order valence-corrected chi connectivity index (χ3v) is 5.25. The van der Waals surface area contributed by atoms with Gasteiger partial charge in [0.25, 0.3) is 0 Å². The minimum absolute atomic E-state index is 0.152. The van der Waals surface area contributed by atoms with Gasteiger partial charge in [-0.15, -0.1) is 0 Å². The van der Waals surface area contributed by atoms with Crippen LogP contribution in [-0.4, -0.2) is 0 Å². The lowest BCUT2D eigenvalue weighted by Crippen LogP contribution is -2.26. The van der Waals surface area contributed by atoms with E-state index in [9.17, 15) is 15.3 Å². The summed E-state index contributed by atoms with van der Waals surface area (Å²) in [6.07, 6.45) is 21.5. The van der Waals surface area contributed by atoms with E-state index in [1.165, 1.54) is 0 Å². The first-order valence-corrected chi connectivity index (χ1v) is 10.7. The smallest absolute Gasteiger partial charge is 0.0390 e. The van der Waals surface area contributed by atoms with Gasteiger partial charge < -0.3 is 31.3 Å². The quantitative estimate of drug-likeness (QED) is 0.498.